The number of hydrogen-bond donors (Lipinski definition) is 3. The summed E-state index contributed by atoms with van der Waals surface area (Å²) in [5.74, 6) is 4.14. The van der Waals surface area contributed by atoms with Crippen LogP contribution in [-0.2, 0) is 9.19 Å². The summed E-state index contributed by atoms with van der Waals surface area (Å²) in [5.41, 5.74) is 0. The first-order chi connectivity index (χ1) is 2.27. The average Bonchev–Trinajstić information content (AvgIpc) is 1.38. The second kappa shape index (κ2) is 4.94. The van der Waals surface area contributed by atoms with Crippen molar-refractivity contribution in [3.63, 3.8) is 0 Å². The van der Waals surface area contributed by atoms with Crippen molar-refractivity contribution in [2.75, 3.05) is 0 Å². The smallest absolute Gasteiger partial charge is 0.344 e. The highest BCUT2D eigenvalue weighted by Crippen LogP contribution is 2.07. The van der Waals surface area contributed by atoms with Gasteiger partial charge in [0.15, 0.2) is 0 Å². The lowest BCUT2D eigenvalue weighted by molar-refractivity contribution is 0.292. The summed E-state index contributed by atoms with van der Waals surface area (Å²) in [7, 11) is -2.57. The first kappa shape index (κ1) is 9.34. The summed E-state index contributed by atoms with van der Waals surface area (Å²) in [5, 5.41) is 0. The third-order valence-corrected chi connectivity index (χ3v) is 0.271. The summed E-state index contributed by atoms with van der Waals surface area (Å²) < 4.78 is 12.5. The molecule has 0 aliphatic heterocycles. The molecule has 0 radical (unpaired) electrons. The van der Waals surface area contributed by atoms with Gasteiger partial charge in [0.05, 0.1) is 0 Å². The fourth-order valence-electron chi connectivity index (χ4n) is 0. The van der Waals surface area contributed by atoms with Crippen LogP contribution in [0.15, 0.2) is 0 Å². The Morgan fingerprint density at radius 2 is 2.00 bits per heavy atom. The van der Waals surface area contributed by atoms with Crippen LogP contribution in [-0.4, -0.2) is 4.89 Å². The van der Waals surface area contributed by atoms with E-state index in [1.807, 2.05) is 0 Å². The van der Waals surface area contributed by atoms with Gasteiger partial charge in [-0.05, 0) is 4.62 Å². The van der Waals surface area contributed by atoms with Crippen LogP contribution in [0, 0.1) is 0 Å². The normalized spacial score (nSPS) is 9.33. The van der Waals surface area contributed by atoms with Crippen molar-refractivity contribution in [3.8, 4) is 0 Å². The molecule has 0 bridgehead atoms. The highest BCUT2D eigenvalue weighted by atomic mass is 31.1. The Bertz CT molecular complexity index is 44.1. The third-order valence-electron chi connectivity index (χ3n) is 0.0902. The Kier molecular flexibility index (Phi) is 7.69. The predicted molar refractivity (Wildman–Crippen MR) is 20.1 cm³/mol. The zero-order chi connectivity index (χ0) is 4.28. The van der Waals surface area contributed by atoms with Crippen molar-refractivity contribution in [1.29, 1.82) is 0 Å². The lowest BCUT2D eigenvalue weighted by atomic mass is 13.6. The quantitative estimate of drug-likeness (QED) is 0.319. The largest absolute Gasteiger partial charge is 0.713 e. The molecule has 0 heterocycles. The average molecular weight is 113 g/mol. The molecule has 6 N–H and O–H groups in total. The number of hydrogen-bond acceptors (Lipinski definition) is 4. The molecular formula is H6N2O3P+. The van der Waals surface area contributed by atoms with E-state index in [1.165, 1.54) is 0 Å². The van der Waals surface area contributed by atoms with Gasteiger partial charge in [-0.3, -0.25) is 0 Å². The summed E-state index contributed by atoms with van der Waals surface area (Å²) in [4.78, 5) is 7.52. The second-order valence-corrected chi connectivity index (χ2v) is 1.03. The molecule has 0 saturated heterocycles. The van der Waals surface area contributed by atoms with E-state index in [0.717, 1.165) is 0 Å². The highest BCUT2D eigenvalue weighted by molar-refractivity contribution is 7.32. The Morgan fingerprint density at radius 3 is 2.00 bits per heavy atom. The lowest BCUT2D eigenvalue weighted by Crippen LogP contribution is -1.84. The molecule has 0 aliphatic rings. The number of nitrogens with two attached hydrogens (primary N) is 1. The fraction of sp³-hybridized carbons (Fsp3) is 0. The molecule has 1 unspecified atom stereocenters. The summed E-state index contributed by atoms with van der Waals surface area (Å²) in [6.45, 7) is 0. The molecule has 0 amide bonds. The predicted octanol–water partition coefficient (Wildman–Crippen LogP) is -0.312. The standard InChI is InChI=1S/H2NO3P.H3N/c1-4-5(2)3;/h1H2;1H3/p+1. The van der Waals surface area contributed by atoms with Crippen LogP contribution >= 0.6 is 8.25 Å². The van der Waals surface area contributed by atoms with E-state index < -0.39 is 8.25 Å². The van der Waals surface area contributed by atoms with Crippen molar-refractivity contribution in [3.05, 3.63) is 0 Å². The highest BCUT2D eigenvalue weighted by Gasteiger charge is 2.04. The van der Waals surface area contributed by atoms with Gasteiger partial charge in [0, 0.05) is 4.57 Å². The van der Waals surface area contributed by atoms with Gasteiger partial charge in [-0.15, -0.1) is 4.89 Å². The molecular weight excluding hydrogens is 107 g/mol. The van der Waals surface area contributed by atoms with E-state index >= 15 is 0 Å². The van der Waals surface area contributed by atoms with E-state index in [0.29, 0.717) is 0 Å². The first-order valence-electron chi connectivity index (χ1n) is 0.801. The minimum atomic E-state index is -2.57. The molecule has 0 aromatic heterocycles. The maximum absolute atomic E-state index is 9.17. The van der Waals surface area contributed by atoms with Crippen LogP contribution in [0.3, 0.4) is 0 Å². The van der Waals surface area contributed by atoms with Gasteiger partial charge in [0.1, 0.15) is 0 Å². The summed E-state index contributed by atoms with van der Waals surface area (Å²) in [6.07, 6.45) is 0. The maximum Gasteiger partial charge on any atom is 0.713 e. The third kappa shape index (κ3) is 9.05. The van der Waals surface area contributed by atoms with Gasteiger partial charge in [-0.2, -0.15) is 5.90 Å². The Balaban J connectivity index is 0. The Morgan fingerprint density at radius 1 is 1.83 bits per heavy atom. The van der Waals surface area contributed by atoms with Crippen molar-refractivity contribution in [2.45, 2.75) is 0 Å². The second-order valence-electron chi connectivity index (χ2n) is 0.343. The van der Waals surface area contributed by atoms with Crippen LogP contribution in [0.2, 0.25) is 0 Å². The molecule has 1 atom stereocenters. The number of rotatable bonds is 1. The molecule has 0 aliphatic carbocycles. The molecule has 6 heteroatoms. The van der Waals surface area contributed by atoms with Crippen molar-refractivity contribution < 1.29 is 14.1 Å². The monoisotopic (exact) mass is 113 g/mol. The van der Waals surface area contributed by atoms with Crippen LogP contribution in [0.5, 0.6) is 0 Å². The van der Waals surface area contributed by atoms with Crippen LogP contribution < -0.4 is 12.0 Å². The van der Waals surface area contributed by atoms with Crippen molar-refractivity contribution in [1.82, 2.24) is 6.15 Å². The topological polar surface area (TPSA) is 108 Å². The van der Waals surface area contributed by atoms with Gasteiger partial charge >= 0.3 is 8.25 Å². The SMILES string of the molecule is N.NO[P+](=O)O. The molecule has 6 heavy (non-hydrogen) atoms. The van der Waals surface area contributed by atoms with Crippen molar-refractivity contribution in [2.24, 2.45) is 5.90 Å². The maximum atomic E-state index is 9.17. The molecule has 0 saturated carbocycles. The molecule has 0 spiro atoms. The van der Waals surface area contributed by atoms with Gasteiger partial charge in [-0.1, -0.05) is 0 Å². The van der Waals surface area contributed by atoms with Crippen molar-refractivity contribution >= 4 is 8.25 Å². The molecule has 0 aromatic carbocycles. The lowest BCUT2D eigenvalue weighted by Gasteiger charge is -1.55. The zero-order valence-electron chi connectivity index (χ0n) is 3.00. The van der Waals surface area contributed by atoms with Crippen LogP contribution in [0.4, 0.5) is 0 Å². The first-order valence-corrected chi connectivity index (χ1v) is 1.93. The van der Waals surface area contributed by atoms with E-state index in [1.54, 1.807) is 0 Å². The Labute approximate surface area is 35.6 Å². The van der Waals surface area contributed by atoms with E-state index in [-0.39, 0.29) is 6.15 Å². The van der Waals surface area contributed by atoms with Gasteiger partial charge in [-0.25, -0.2) is 0 Å². The fourth-order valence-corrected chi connectivity index (χ4v) is 0. The molecule has 38 valence electrons. The van der Waals surface area contributed by atoms with Gasteiger partial charge in [0.25, 0.3) is 0 Å². The molecule has 5 nitrogen and oxygen atoms in total. The summed E-state index contributed by atoms with van der Waals surface area (Å²) >= 11 is 0. The summed E-state index contributed by atoms with van der Waals surface area (Å²) in [6, 6.07) is 0. The van der Waals surface area contributed by atoms with Gasteiger partial charge < -0.3 is 6.15 Å². The van der Waals surface area contributed by atoms with E-state index in [9.17, 15) is 0 Å². The van der Waals surface area contributed by atoms with E-state index in [4.69, 9.17) is 9.46 Å². The molecule has 0 fully saturated rings. The van der Waals surface area contributed by atoms with Crippen LogP contribution in [0.1, 0.15) is 0 Å². The van der Waals surface area contributed by atoms with E-state index in [2.05, 4.69) is 10.5 Å². The minimum absolute atomic E-state index is 0. The molecule has 0 rings (SSSR count). The van der Waals surface area contributed by atoms with Gasteiger partial charge in [0.2, 0.25) is 0 Å². The van der Waals surface area contributed by atoms with Crippen LogP contribution in [0.25, 0.3) is 0 Å². The zero-order valence-corrected chi connectivity index (χ0v) is 3.89. The molecule has 0 aromatic rings. The minimum Gasteiger partial charge on any atom is -0.344 e. The Hall–Kier alpha value is -0.0600.